The standard InChI is InChI=1S/C20H26N6S.HI/c1-3-21-20(22-10-8-19-15-27-16(2)25-19)23-13-17-6-4-7-18(12-17)14-26-11-5-9-24-26;/h4-7,9,11-12,15H,3,8,10,13-14H2,1-2H3,(H2,21,22,23);1H. The fraction of sp³-hybridized carbons (Fsp3) is 0.350. The van der Waals surface area contributed by atoms with Crippen molar-refractivity contribution in [2.75, 3.05) is 13.1 Å². The van der Waals surface area contributed by atoms with Crippen LogP contribution in [0.3, 0.4) is 0 Å². The third-order valence-electron chi connectivity index (χ3n) is 4.00. The average molecular weight is 510 g/mol. The molecule has 0 spiro atoms. The Bertz CT molecular complexity index is 859. The highest BCUT2D eigenvalue weighted by atomic mass is 127. The Hall–Kier alpha value is -1.94. The fourth-order valence-electron chi connectivity index (χ4n) is 2.75. The summed E-state index contributed by atoms with van der Waals surface area (Å²) in [6.07, 6.45) is 4.67. The monoisotopic (exact) mass is 510 g/mol. The molecule has 28 heavy (non-hydrogen) atoms. The van der Waals surface area contributed by atoms with Crippen LogP contribution in [0, 0.1) is 6.92 Å². The molecule has 3 aromatic rings. The molecule has 0 radical (unpaired) electrons. The molecule has 8 heteroatoms. The van der Waals surface area contributed by atoms with Gasteiger partial charge in [0.15, 0.2) is 5.96 Å². The molecule has 0 saturated heterocycles. The topological polar surface area (TPSA) is 67.1 Å². The zero-order chi connectivity index (χ0) is 18.9. The van der Waals surface area contributed by atoms with Gasteiger partial charge in [-0.15, -0.1) is 35.3 Å². The van der Waals surface area contributed by atoms with Crippen LogP contribution in [0.4, 0.5) is 0 Å². The van der Waals surface area contributed by atoms with Crippen LogP contribution < -0.4 is 10.6 Å². The molecule has 0 aliphatic rings. The Kier molecular flexibility index (Phi) is 9.42. The van der Waals surface area contributed by atoms with Crippen molar-refractivity contribution < 1.29 is 0 Å². The number of aryl methyl sites for hydroxylation is 1. The van der Waals surface area contributed by atoms with Crippen LogP contribution in [0.15, 0.2) is 53.1 Å². The van der Waals surface area contributed by atoms with Crippen LogP contribution in [0.25, 0.3) is 0 Å². The van der Waals surface area contributed by atoms with Gasteiger partial charge >= 0.3 is 0 Å². The van der Waals surface area contributed by atoms with Gasteiger partial charge in [0, 0.05) is 37.3 Å². The van der Waals surface area contributed by atoms with Gasteiger partial charge in [0.25, 0.3) is 0 Å². The lowest BCUT2D eigenvalue weighted by Gasteiger charge is -2.11. The smallest absolute Gasteiger partial charge is 0.191 e. The highest BCUT2D eigenvalue weighted by molar-refractivity contribution is 14.0. The van der Waals surface area contributed by atoms with E-state index < -0.39 is 0 Å². The summed E-state index contributed by atoms with van der Waals surface area (Å²) in [6, 6.07) is 10.4. The first kappa shape index (κ1) is 22.4. The fourth-order valence-corrected chi connectivity index (χ4v) is 3.40. The number of benzene rings is 1. The Morgan fingerprint density at radius 1 is 1.21 bits per heavy atom. The zero-order valence-corrected chi connectivity index (χ0v) is 19.4. The van der Waals surface area contributed by atoms with E-state index in [0.717, 1.165) is 42.7 Å². The molecule has 150 valence electrons. The van der Waals surface area contributed by atoms with Gasteiger partial charge in [0.1, 0.15) is 0 Å². The van der Waals surface area contributed by atoms with E-state index >= 15 is 0 Å². The number of aromatic nitrogens is 3. The van der Waals surface area contributed by atoms with E-state index in [4.69, 9.17) is 4.99 Å². The molecule has 0 aliphatic carbocycles. The van der Waals surface area contributed by atoms with Crippen molar-refractivity contribution in [3.05, 3.63) is 69.9 Å². The number of guanidine groups is 1. The highest BCUT2D eigenvalue weighted by Gasteiger charge is 2.02. The predicted octanol–water partition coefficient (Wildman–Crippen LogP) is 3.61. The van der Waals surface area contributed by atoms with Crippen LogP contribution in [0.2, 0.25) is 0 Å². The van der Waals surface area contributed by atoms with E-state index in [9.17, 15) is 0 Å². The molecule has 0 fully saturated rings. The van der Waals surface area contributed by atoms with Crippen LogP contribution >= 0.6 is 35.3 Å². The molecule has 0 bridgehead atoms. The van der Waals surface area contributed by atoms with Crippen LogP contribution in [0.1, 0.15) is 28.8 Å². The minimum Gasteiger partial charge on any atom is -0.357 e. The summed E-state index contributed by atoms with van der Waals surface area (Å²) in [5.74, 6) is 0.835. The number of hydrogen-bond donors (Lipinski definition) is 2. The van der Waals surface area contributed by atoms with Crippen molar-refractivity contribution in [1.82, 2.24) is 25.4 Å². The summed E-state index contributed by atoms with van der Waals surface area (Å²) in [6.45, 7) is 7.17. The molecule has 0 atom stereocenters. The maximum atomic E-state index is 4.71. The molecule has 2 N–H and O–H groups in total. The molecule has 2 heterocycles. The number of halogens is 1. The second kappa shape index (κ2) is 11.8. The lowest BCUT2D eigenvalue weighted by atomic mass is 10.1. The number of rotatable bonds is 8. The molecular weight excluding hydrogens is 483 g/mol. The second-order valence-corrected chi connectivity index (χ2v) is 7.32. The highest BCUT2D eigenvalue weighted by Crippen LogP contribution is 2.09. The van der Waals surface area contributed by atoms with Crippen LogP contribution in [-0.2, 0) is 19.5 Å². The maximum Gasteiger partial charge on any atom is 0.191 e. The lowest BCUT2D eigenvalue weighted by molar-refractivity contribution is 0.686. The maximum absolute atomic E-state index is 4.71. The van der Waals surface area contributed by atoms with Crippen LogP contribution in [-0.4, -0.2) is 33.8 Å². The van der Waals surface area contributed by atoms with Gasteiger partial charge < -0.3 is 10.6 Å². The van der Waals surface area contributed by atoms with Gasteiger partial charge in [-0.25, -0.2) is 9.98 Å². The molecule has 6 nitrogen and oxygen atoms in total. The minimum absolute atomic E-state index is 0. The quantitative estimate of drug-likeness (QED) is 0.276. The normalized spacial score (nSPS) is 11.1. The molecule has 2 aromatic heterocycles. The first-order valence-corrected chi connectivity index (χ1v) is 10.1. The van der Waals surface area contributed by atoms with Crippen molar-refractivity contribution in [3.63, 3.8) is 0 Å². The Morgan fingerprint density at radius 3 is 2.79 bits per heavy atom. The van der Waals surface area contributed by atoms with E-state index in [-0.39, 0.29) is 24.0 Å². The Balaban J connectivity index is 0.00000280. The van der Waals surface area contributed by atoms with Gasteiger partial charge in [-0.1, -0.05) is 24.3 Å². The van der Waals surface area contributed by atoms with Crippen molar-refractivity contribution in [3.8, 4) is 0 Å². The van der Waals surface area contributed by atoms with Gasteiger partial charge in [0.2, 0.25) is 0 Å². The molecular formula is C20H27IN6S. The SMILES string of the molecule is CCNC(=NCc1cccc(Cn2cccn2)c1)NCCc1csc(C)n1.I. The van der Waals surface area contributed by atoms with Gasteiger partial charge in [0.05, 0.1) is 23.8 Å². The molecule has 1 aromatic carbocycles. The van der Waals surface area contributed by atoms with E-state index in [0.29, 0.717) is 6.54 Å². The summed E-state index contributed by atoms with van der Waals surface area (Å²) in [5, 5.41) is 14.2. The largest absolute Gasteiger partial charge is 0.357 e. The van der Waals surface area contributed by atoms with Crippen LogP contribution in [0.5, 0.6) is 0 Å². The first-order chi connectivity index (χ1) is 13.2. The average Bonchev–Trinajstić information content (AvgIpc) is 3.32. The van der Waals surface area contributed by atoms with E-state index in [1.54, 1.807) is 17.5 Å². The number of aliphatic imine (C=N–C) groups is 1. The second-order valence-electron chi connectivity index (χ2n) is 6.25. The van der Waals surface area contributed by atoms with Crippen molar-refractivity contribution in [1.29, 1.82) is 0 Å². The summed E-state index contributed by atoms with van der Waals surface area (Å²) < 4.78 is 1.92. The minimum atomic E-state index is 0. The van der Waals surface area contributed by atoms with Crippen molar-refractivity contribution in [2.24, 2.45) is 4.99 Å². The number of nitrogens with zero attached hydrogens (tertiary/aromatic N) is 4. The predicted molar refractivity (Wildman–Crippen MR) is 127 cm³/mol. The number of hydrogen-bond acceptors (Lipinski definition) is 4. The lowest BCUT2D eigenvalue weighted by Crippen LogP contribution is -2.38. The number of thiazole rings is 1. The van der Waals surface area contributed by atoms with Gasteiger partial charge in [-0.05, 0) is 31.0 Å². The van der Waals surface area contributed by atoms with E-state index in [1.807, 2.05) is 23.9 Å². The van der Waals surface area contributed by atoms with Gasteiger partial charge in [-0.2, -0.15) is 5.10 Å². The summed E-state index contributed by atoms with van der Waals surface area (Å²) >= 11 is 1.69. The summed E-state index contributed by atoms with van der Waals surface area (Å²) in [5.41, 5.74) is 3.54. The van der Waals surface area contributed by atoms with Crippen molar-refractivity contribution >= 4 is 41.3 Å². The van der Waals surface area contributed by atoms with Gasteiger partial charge in [-0.3, -0.25) is 4.68 Å². The molecule has 0 unspecified atom stereocenters. The summed E-state index contributed by atoms with van der Waals surface area (Å²) in [7, 11) is 0. The Morgan fingerprint density at radius 2 is 2.07 bits per heavy atom. The molecule has 0 amide bonds. The third kappa shape index (κ3) is 7.23. The first-order valence-electron chi connectivity index (χ1n) is 9.21. The van der Waals surface area contributed by atoms with E-state index in [1.165, 1.54) is 11.1 Å². The molecule has 0 aliphatic heterocycles. The zero-order valence-electron chi connectivity index (χ0n) is 16.3. The van der Waals surface area contributed by atoms with Crippen molar-refractivity contribution in [2.45, 2.75) is 33.4 Å². The third-order valence-corrected chi connectivity index (χ3v) is 4.82. The number of nitrogens with one attached hydrogen (secondary N) is 2. The Labute approximate surface area is 187 Å². The van der Waals surface area contributed by atoms with E-state index in [2.05, 4.69) is 57.3 Å². The molecule has 0 saturated carbocycles. The molecule has 3 rings (SSSR count). The summed E-state index contributed by atoms with van der Waals surface area (Å²) in [4.78, 5) is 9.21.